The lowest BCUT2D eigenvalue weighted by atomic mass is 10.4. The second kappa shape index (κ2) is 5.78. The van der Waals surface area contributed by atoms with Crippen LogP contribution in [0.2, 0.25) is 0 Å². The molecule has 0 amide bonds. The Balaban J connectivity index is 1.94. The van der Waals surface area contributed by atoms with Gasteiger partial charge in [-0.1, -0.05) is 5.16 Å². The fourth-order valence-corrected chi connectivity index (χ4v) is 3.69. The number of nitrogens with one attached hydrogen (secondary N) is 1. The molecule has 0 aliphatic rings. The van der Waals surface area contributed by atoms with Gasteiger partial charge in [0.25, 0.3) is 0 Å². The van der Waals surface area contributed by atoms with Crippen LogP contribution >= 0.6 is 11.3 Å². The van der Waals surface area contributed by atoms with Gasteiger partial charge in [-0.05, 0) is 12.1 Å². The number of hydrogen-bond acceptors (Lipinski definition) is 7. The molecular weight excluding hydrogens is 290 g/mol. The van der Waals surface area contributed by atoms with Crippen molar-refractivity contribution in [2.45, 2.75) is 24.2 Å². The van der Waals surface area contributed by atoms with Crippen molar-refractivity contribution >= 4 is 21.4 Å². The predicted molar refractivity (Wildman–Crippen MR) is 68.2 cm³/mol. The summed E-state index contributed by atoms with van der Waals surface area (Å²) in [5.41, 5.74) is 0. The molecule has 2 heterocycles. The Bertz CT molecular complexity index is 647. The highest BCUT2D eigenvalue weighted by Gasteiger charge is 2.16. The minimum Gasteiger partial charge on any atom is -0.391 e. The molecule has 0 radical (unpaired) electrons. The fraction of sp³-hybridized carbons (Fsp3) is 0.400. The smallest absolute Gasteiger partial charge is 0.250 e. The molecule has 0 unspecified atom stereocenters. The first-order valence-electron chi connectivity index (χ1n) is 5.49. The van der Waals surface area contributed by atoms with Crippen LogP contribution < -0.4 is 4.72 Å². The molecule has 19 heavy (non-hydrogen) atoms. The van der Waals surface area contributed by atoms with E-state index in [4.69, 9.17) is 9.63 Å². The Hall–Kier alpha value is -1.29. The zero-order valence-corrected chi connectivity index (χ0v) is 11.8. The molecule has 0 atom stereocenters. The molecule has 104 valence electrons. The van der Waals surface area contributed by atoms with E-state index in [0.29, 0.717) is 23.0 Å². The van der Waals surface area contributed by atoms with E-state index in [1.165, 1.54) is 6.07 Å². The van der Waals surface area contributed by atoms with Gasteiger partial charge < -0.3 is 9.63 Å². The Kier molecular flexibility index (Phi) is 4.30. The normalized spacial score (nSPS) is 11.9. The van der Waals surface area contributed by atoms with E-state index in [2.05, 4.69) is 14.9 Å². The van der Waals surface area contributed by atoms with Gasteiger partial charge in [-0.2, -0.15) is 4.98 Å². The largest absolute Gasteiger partial charge is 0.391 e. The molecule has 2 N–H and O–H groups in total. The average molecular weight is 303 g/mol. The molecule has 0 fully saturated rings. The maximum Gasteiger partial charge on any atom is 0.250 e. The minimum absolute atomic E-state index is 0.164. The topological polar surface area (TPSA) is 105 Å². The lowest BCUT2D eigenvalue weighted by Gasteiger charge is -2.02. The highest BCUT2D eigenvalue weighted by atomic mass is 32.2. The standard InChI is InChI=1S/C10H13N3O4S2/c1-7-12-9(13-17-7)4-5-11-19(15,16)10-3-2-8(6-14)18-10/h2-3,11,14H,4-6H2,1H3. The Morgan fingerprint density at radius 3 is 2.84 bits per heavy atom. The summed E-state index contributed by atoms with van der Waals surface area (Å²) in [6, 6.07) is 3.05. The van der Waals surface area contributed by atoms with Crippen molar-refractivity contribution in [3.63, 3.8) is 0 Å². The summed E-state index contributed by atoms with van der Waals surface area (Å²) in [6.45, 7) is 1.69. The van der Waals surface area contributed by atoms with Crippen LogP contribution in [-0.4, -0.2) is 30.2 Å². The van der Waals surface area contributed by atoms with Gasteiger partial charge >= 0.3 is 0 Å². The first-order valence-corrected chi connectivity index (χ1v) is 7.79. The molecule has 0 aliphatic carbocycles. The van der Waals surface area contributed by atoms with Crippen LogP contribution in [-0.2, 0) is 23.1 Å². The first kappa shape index (κ1) is 14.1. The molecule has 0 aromatic carbocycles. The van der Waals surface area contributed by atoms with E-state index >= 15 is 0 Å². The van der Waals surface area contributed by atoms with Gasteiger partial charge in [0.15, 0.2) is 5.82 Å². The molecule has 7 nitrogen and oxygen atoms in total. The summed E-state index contributed by atoms with van der Waals surface area (Å²) >= 11 is 1.04. The van der Waals surface area contributed by atoms with Crippen molar-refractivity contribution in [2.75, 3.05) is 6.54 Å². The summed E-state index contributed by atoms with van der Waals surface area (Å²) in [6.07, 6.45) is 0.356. The van der Waals surface area contributed by atoms with E-state index in [1.54, 1.807) is 13.0 Å². The van der Waals surface area contributed by atoms with E-state index in [9.17, 15) is 8.42 Å². The van der Waals surface area contributed by atoms with Crippen molar-refractivity contribution in [2.24, 2.45) is 0 Å². The van der Waals surface area contributed by atoms with Crippen molar-refractivity contribution in [3.8, 4) is 0 Å². The molecule has 2 aromatic heterocycles. The second-order valence-electron chi connectivity index (χ2n) is 3.76. The number of thiophene rings is 1. The average Bonchev–Trinajstić information content (AvgIpc) is 2.98. The first-order chi connectivity index (χ1) is 9.01. The lowest BCUT2D eigenvalue weighted by Crippen LogP contribution is -2.25. The number of rotatable bonds is 6. The molecule has 0 bridgehead atoms. The maximum absolute atomic E-state index is 11.9. The van der Waals surface area contributed by atoms with E-state index in [1.807, 2.05) is 0 Å². The third kappa shape index (κ3) is 3.60. The molecule has 9 heteroatoms. The summed E-state index contributed by atoms with van der Waals surface area (Å²) in [5.74, 6) is 0.908. The van der Waals surface area contributed by atoms with Gasteiger partial charge in [-0.15, -0.1) is 11.3 Å². The van der Waals surface area contributed by atoms with E-state index < -0.39 is 10.0 Å². The van der Waals surface area contributed by atoms with Gasteiger partial charge in [-0.25, -0.2) is 13.1 Å². The summed E-state index contributed by atoms with van der Waals surface area (Å²) in [4.78, 5) is 4.58. The zero-order valence-electron chi connectivity index (χ0n) is 10.2. The van der Waals surface area contributed by atoms with Gasteiger partial charge in [-0.3, -0.25) is 0 Å². The van der Waals surface area contributed by atoms with Crippen molar-refractivity contribution in [1.29, 1.82) is 0 Å². The van der Waals surface area contributed by atoms with Crippen LogP contribution in [0.4, 0.5) is 0 Å². The molecule has 0 saturated heterocycles. The van der Waals surface area contributed by atoms with E-state index in [0.717, 1.165) is 11.3 Å². The third-order valence-corrected chi connectivity index (χ3v) is 5.29. The predicted octanol–water partition coefficient (Wildman–Crippen LogP) is 0.453. The molecule has 2 rings (SSSR count). The number of aliphatic hydroxyl groups excluding tert-OH is 1. The summed E-state index contributed by atoms with van der Waals surface area (Å²) < 4.78 is 31.2. The fourth-order valence-electron chi connectivity index (χ4n) is 1.40. The minimum atomic E-state index is -3.54. The Morgan fingerprint density at radius 1 is 1.47 bits per heavy atom. The molecule has 0 saturated carbocycles. The molecule has 0 aliphatic heterocycles. The van der Waals surface area contributed by atoms with Crippen LogP contribution in [0.3, 0.4) is 0 Å². The van der Waals surface area contributed by atoms with Gasteiger partial charge in [0.05, 0.1) is 6.61 Å². The zero-order chi connectivity index (χ0) is 13.9. The molecule has 0 spiro atoms. The molecule has 2 aromatic rings. The Labute approximate surface area is 114 Å². The van der Waals surface area contributed by atoms with E-state index in [-0.39, 0.29) is 17.4 Å². The second-order valence-corrected chi connectivity index (χ2v) is 6.92. The van der Waals surface area contributed by atoms with Crippen LogP contribution in [0.15, 0.2) is 20.9 Å². The summed E-state index contributed by atoms with van der Waals surface area (Å²) in [7, 11) is -3.54. The van der Waals surface area contributed by atoms with Gasteiger partial charge in [0.1, 0.15) is 4.21 Å². The number of sulfonamides is 1. The van der Waals surface area contributed by atoms with Crippen molar-refractivity contribution < 1.29 is 18.0 Å². The third-order valence-electron chi connectivity index (χ3n) is 2.27. The lowest BCUT2D eigenvalue weighted by molar-refractivity contribution is 0.285. The molecular formula is C10H13N3O4S2. The summed E-state index contributed by atoms with van der Waals surface area (Å²) in [5, 5.41) is 12.6. The van der Waals surface area contributed by atoms with Crippen LogP contribution in [0.5, 0.6) is 0 Å². The SMILES string of the molecule is Cc1nc(CCNS(=O)(=O)c2ccc(CO)s2)no1. The highest BCUT2D eigenvalue weighted by Crippen LogP contribution is 2.21. The number of aromatic nitrogens is 2. The quantitative estimate of drug-likeness (QED) is 0.803. The monoisotopic (exact) mass is 303 g/mol. The number of aryl methyl sites for hydroxylation is 1. The number of aliphatic hydroxyl groups is 1. The number of hydrogen-bond donors (Lipinski definition) is 2. The van der Waals surface area contributed by atoms with Crippen LogP contribution in [0.1, 0.15) is 16.6 Å². The van der Waals surface area contributed by atoms with Gasteiger partial charge in [0, 0.05) is 24.8 Å². The Morgan fingerprint density at radius 2 is 2.26 bits per heavy atom. The van der Waals surface area contributed by atoms with Gasteiger partial charge in [0.2, 0.25) is 15.9 Å². The number of nitrogens with zero attached hydrogens (tertiary/aromatic N) is 2. The highest BCUT2D eigenvalue weighted by molar-refractivity contribution is 7.91. The maximum atomic E-state index is 11.9. The van der Waals surface area contributed by atoms with Crippen molar-refractivity contribution in [3.05, 3.63) is 28.7 Å². The van der Waals surface area contributed by atoms with Crippen LogP contribution in [0.25, 0.3) is 0 Å². The van der Waals surface area contributed by atoms with Crippen molar-refractivity contribution in [1.82, 2.24) is 14.9 Å². The van der Waals surface area contributed by atoms with Crippen LogP contribution in [0, 0.1) is 6.92 Å².